The minimum atomic E-state index is -0.352. The van der Waals surface area contributed by atoms with Gasteiger partial charge in [-0.3, -0.25) is 4.79 Å². The van der Waals surface area contributed by atoms with Gasteiger partial charge in [0.1, 0.15) is 6.10 Å². The molecule has 4 rings (SSSR count). The van der Waals surface area contributed by atoms with Gasteiger partial charge in [0, 0.05) is 24.2 Å². The van der Waals surface area contributed by atoms with Gasteiger partial charge in [0.05, 0.1) is 22.2 Å². The zero-order chi connectivity index (χ0) is 16.3. The summed E-state index contributed by atoms with van der Waals surface area (Å²) in [6.07, 6.45) is 0.176. The average Bonchev–Trinajstić information content (AvgIpc) is 3.09. The van der Waals surface area contributed by atoms with E-state index in [1.54, 1.807) is 20.0 Å². The van der Waals surface area contributed by atoms with Gasteiger partial charge in [0.15, 0.2) is 0 Å². The van der Waals surface area contributed by atoms with Crippen LogP contribution in [0.1, 0.15) is 24.4 Å². The SMILES string of the molecule is Cc1cc(=O)n(-c2ccc3snc([C@H]4O[C@H]4C)c3c2)c(=O)n1C. The Bertz CT molecular complexity index is 1050. The molecule has 2 atom stereocenters. The Hall–Kier alpha value is -2.25. The molecule has 0 amide bonds. The highest BCUT2D eigenvalue weighted by Crippen LogP contribution is 2.42. The van der Waals surface area contributed by atoms with Gasteiger partial charge in [0.2, 0.25) is 0 Å². The average molecular weight is 329 g/mol. The molecule has 1 aromatic carbocycles. The minimum absolute atomic E-state index is 0.0107. The number of hydrogen-bond donors (Lipinski definition) is 0. The summed E-state index contributed by atoms with van der Waals surface area (Å²) in [4.78, 5) is 24.7. The Balaban J connectivity index is 1.95. The summed E-state index contributed by atoms with van der Waals surface area (Å²) in [5, 5.41) is 0.941. The number of epoxide rings is 1. The zero-order valence-electron chi connectivity index (χ0n) is 12.9. The molecule has 6 nitrogen and oxygen atoms in total. The van der Waals surface area contributed by atoms with E-state index in [0.29, 0.717) is 11.4 Å². The second-order valence-corrected chi connectivity index (χ2v) is 6.62. The largest absolute Gasteiger partial charge is 0.363 e. The van der Waals surface area contributed by atoms with Crippen LogP contribution in [0.5, 0.6) is 0 Å². The molecule has 2 aromatic heterocycles. The lowest BCUT2D eigenvalue weighted by Gasteiger charge is -2.09. The molecule has 0 saturated carbocycles. The Morgan fingerprint density at radius 1 is 1.26 bits per heavy atom. The van der Waals surface area contributed by atoms with Crippen LogP contribution in [-0.2, 0) is 11.8 Å². The van der Waals surface area contributed by atoms with Gasteiger partial charge in [-0.05, 0) is 43.6 Å². The molecule has 0 unspecified atom stereocenters. The van der Waals surface area contributed by atoms with Crippen molar-refractivity contribution in [2.24, 2.45) is 7.05 Å². The first-order valence-corrected chi connectivity index (χ1v) is 8.09. The molecule has 0 bridgehead atoms. The number of nitrogens with zero attached hydrogens (tertiary/aromatic N) is 3. The van der Waals surface area contributed by atoms with E-state index in [0.717, 1.165) is 15.8 Å². The van der Waals surface area contributed by atoms with E-state index in [4.69, 9.17) is 4.74 Å². The van der Waals surface area contributed by atoms with Crippen LogP contribution in [-0.4, -0.2) is 19.6 Å². The lowest BCUT2D eigenvalue weighted by atomic mass is 10.1. The smallest absolute Gasteiger partial charge is 0.335 e. The second-order valence-electron chi connectivity index (χ2n) is 5.81. The first kappa shape index (κ1) is 14.3. The Morgan fingerprint density at radius 3 is 2.70 bits per heavy atom. The van der Waals surface area contributed by atoms with Crippen LogP contribution in [0.4, 0.5) is 0 Å². The van der Waals surface area contributed by atoms with E-state index in [9.17, 15) is 9.59 Å². The molecule has 0 spiro atoms. The summed E-state index contributed by atoms with van der Waals surface area (Å²) < 4.78 is 13.6. The molecule has 3 heterocycles. The van der Waals surface area contributed by atoms with Crippen molar-refractivity contribution in [1.29, 1.82) is 0 Å². The van der Waals surface area contributed by atoms with Crippen LogP contribution in [0, 0.1) is 6.92 Å². The number of hydrogen-bond acceptors (Lipinski definition) is 5. The molecule has 3 aromatic rings. The van der Waals surface area contributed by atoms with Crippen molar-refractivity contribution in [3.8, 4) is 5.69 Å². The van der Waals surface area contributed by atoms with Crippen molar-refractivity contribution in [1.82, 2.24) is 13.5 Å². The highest BCUT2D eigenvalue weighted by atomic mass is 32.1. The standard InChI is InChI=1S/C16H15N3O3S/c1-8-6-13(20)19(16(21)18(8)3)10-4-5-12-11(7-10)14(17-23-12)15-9(2)22-15/h4-7,9,15H,1-3H3/t9-,15-/m0/s1. The molecular weight excluding hydrogens is 314 g/mol. The molecule has 7 heteroatoms. The molecule has 118 valence electrons. The van der Waals surface area contributed by atoms with Gasteiger partial charge >= 0.3 is 5.69 Å². The van der Waals surface area contributed by atoms with Crippen LogP contribution in [0.3, 0.4) is 0 Å². The quantitative estimate of drug-likeness (QED) is 0.674. The number of ether oxygens (including phenoxy) is 1. The molecule has 1 fully saturated rings. The van der Waals surface area contributed by atoms with Crippen molar-refractivity contribution in [2.75, 3.05) is 0 Å². The van der Waals surface area contributed by atoms with Gasteiger partial charge in [-0.1, -0.05) is 0 Å². The van der Waals surface area contributed by atoms with Crippen molar-refractivity contribution >= 4 is 21.6 Å². The number of benzene rings is 1. The van der Waals surface area contributed by atoms with Crippen LogP contribution < -0.4 is 11.2 Å². The third-order valence-corrected chi connectivity index (χ3v) is 5.12. The van der Waals surface area contributed by atoms with E-state index >= 15 is 0 Å². The van der Waals surface area contributed by atoms with Crippen LogP contribution in [0.2, 0.25) is 0 Å². The molecule has 1 saturated heterocycles. The number of rotatable bonds is 2. The molecule has 23 heavy (non-hydrogen) atoms. The third kappa shape index (κ3) is 2.15. The van der Waals surface area contributed by atoms with Gasteiger partial charge in [-0.15, -0.1) is 0 Å². The van der Waals surface area contributed by atoms with Crippen molar-refractivity contribution < 1.29 is 4.74 Å². The predicted molar refractivity (Wildman–Crippen MR) is 88.5 cm³/mol. The molecule has 0 aliphatic carbocycles. The summed E-state index contributed by atoms with van der Waals surface area (Å²) in [5.41, 5.74) is 1.39. The normalized spacial score (nSPS) is 20.1. The fraction of sp³-hybridized carbons (Fsp3) is 0.312. The van der Waals surface area contributed by atoms with Gasteiger partial charge in [-0.25, -0.2) is 9.36 Å². The zero-order valence-corrected chi connectivity index (χ0v) is 13.8. The highest BCUT2D eigenvalue weighted by Gasteiger charge is 2.39. The Kier molecular flexibility index (Phi) is 3.04. The van der Waals surface area contributed by atoms with Crippen LogP contribution >= 0.6 is 11.5 Å². The fourth-order valence-electron chi connectivity index (χ4n) is 2.74. The molecule has 1 aliphatic heterocycles. The number of aromatic nitrogens is 3. The minimum Gasteiger partial charge on any atom is -0.363 e. The van der Waals surface area contributed by atoms with Gasteiger partial charge in [-0.2, -0.15) is 4.37 Å². The molecule has 0 N–H and O–H groups in total. The number of fused-ring (bicyclic) bond motifs is 1. The second kappa shape index (κ2) is 4.87. The first-order chi connectivity index (χ1) is 11.0. The van der Waals surface area contributed by atoms with Gasteiger partial charge < -0.3 is 9.30 Å². The van der Waals surface area contributed by atoms with Crippen molar-refractivity contribution in [3.63, 3.8) is 0 Å². The highest BCUT2D eigenvalue weighted by molar-refractivity contribution is 7.13. The molecular formula is C16H15N3O3S. The molecule has 1 aliphatic rings. The van der Waals surface area contributed by atoms with E-state index in [-0.39, 0.29) is 23.5 Å². The van der Waals surface area contributed by atoms with E-state index in [1.807, 2.05) is 19.1 Å². The monoisotopic (exact) mass is 329 g/mol. The summed E-state index contributed by atoms with van der Waals surface area (Å²) in [6.45, 7) is 3.74. The van der Waals surface area contributed by atoms with E-state index < -0.39 is 0 Å². The predicted octanol–water partition coefficient (Wildman–Crippen LogP) is 1.91. The fourth-order valence-corrected chi connectivity index (χ4v) is 3.52. The van der Waals surface area contributed by atoms with Gasteiger partial charge in [0.25, 0.3) is 5.56 Å². The molecule has 0 radical (unpaired) electrons. The summed E-state index contributed by atoms with van der Waals surface area (Å²) in [5.74, 6) is 0. The topological polar surface area (TPSA) is 69.4 Å². The van der Waals surface area contributed by atoms with Crippen molar-refractivity contribution in [2.45, 2.75) is 26.1 Å². The Labute approximate surface area is 135 Å². The summed E-state index contributed by atoms with van der Waals surface area (Å²) in [6, 6.07) is 6.98. The maximum absolute atomic E-state index is 12.5. The maximum Gasteiger partial charge on any atom is 0.335 e. The lowest BCUT2D eigenvalue weighted by Crippen LogP contribution is -2.38. The van der Waals surface area contributed by atoms with E-state index in [2.05, 4.69) is 4.37 Å². The Morgan fingerprint density at radius 2 is 2.00 bits per heavy atom. The summed E-state index contributed by atoms with van der Waals surface area (Å²) >= 11 is 1.40. The maximum atomic E-state index is 12.5. The number of aryl methyl sites for hydroxylation is 1. The van der Waals surface area contributed by atoms with Crippen molar-refractivity contribution in [3.05, 3.63) is 56.5 Å². The summed E-state index contributed by atoms with van der Waals surface area (Å²) in [7, 11) is 1.66. The van der Waals surface area contributed by atoms with E-state index in [1.165, 1.54) is 26.7 Å². The van der Waals surface area contributed by atoms with Crippen LogP contribution in [0.25, 0.3) is 15.8 Å². The lowest BCUT2D eigenvalue weighted by molar-refractivity contribution is 0.382. The van der Waals surface area contributed by atoms with Crippen LogP contribution in [0.15, 0.2) is 33.9 Å². The third-order valence-electron chi connectivity index (χ3n) is 4.28. The first-order valence-electron chi connectivity index (χ1n) is 7.32.